The van der Waals surface area contributed by atoms with E-state index in [-0.39, 0.29) is 0 Å². The molecule has 0 radical (unpaired) electrons. The highest BCUT2D eigenvalue weighted by Crippen LogP contribution is 2.08. The molecule has 1 aliphatic rings. The Labute approximate surface area is 76.2 Å². The fraction of sp³-hybridized carbons (Fsp3) is 1.00. The van der Waals surface area contributed by atoms with Gasteiger partial charge in [0, 0.05) is 21.3 Å². The summed E-state index contributed by atoms with van der Waals surface area (Å²) in [5.41, 5.74) is 0. The zero-order valence-corrected chi connectivity index (χ0v) is 10.6. The van der Waals surface area contributed by atoms with E-state index in [1.807, 2.05) is 0 Å². The predicted molar refractivity (Wildman–Crippen MR) is 45.7 cm³/mol. The van der Waals surface area contributed by atoms with Gasteiger partial charge in [-0.05, 0) is 0 Å². The summed E-state index contributed by atoms with van der Waals surface area (Å²) in [6.45, 7) is 0. The molecule has 0 atom stereocenters. The van der Waals surface area contributed by atoms with Gasteiger partial charge in [0.05, 0.1) is 0 Å². The normalized spacial score (nSPS) is 36.8. The van der Waals surface area contributed by atoms with Gasteiger partial charge < -0.3 is 25.6 Å². The van der Waals surface area contributed by atoms with Gasteiger partial charge in [-0.15, -0.1) is 0 Å². The summed E-state index contributed by atoms with van der Waals surface area (Å²) in [5.74, 6) is 0. The van der Waals surface area contributed by atoms with Crippen molar-refractivity contribution in [3.8, 4) is 0 Å². The SMILES string of the molecule is CO[SiH]1O[SiH](OC)O[SiH](OC)O1. The minimum absolute atomic E-state index is 1.55. The Balaban J connectivity index is 2.41. The molecule has 12 heavy (non-hydrogen) atoms. The standard InChI is InChI=1S/C3H12O6Si3/c1-4-10-7-11(5-2)9-12(6-3)8-10/h10-12H,1-3H3. The van der Waals surface area contributed by atoms with Crippen molar-refractivity contribution < 1.29 is 25.6 Å². The molecule has 0 bridgehead atoms. The van der Waals surface area contributed by atoms with Crippen LogP contribution in [0.4, 0.5) is 0 Å². The van der Waals surface area contributed by atoms with Crippen LogP contribution in [0, 0.1) is 0 Å². The maximum absolute atomic E-state index is 5.26. The van der Waals surface area contributed by atoms with Crippen LogP contribution < -0.4 is 0 Å². The van der Waals surface area contributed by atoms with Gasteiger partial charge in [0.15, 0.2) is 0 Å². The molecule has 0 N–H and O–H groups in total. The van der Waals surface area contributed by atoms with E-state index in [0.717, 1.165) is 0 Å². The van der Waals surface area contributed by atoms with Gasteiger partial charge >= 0.3 is 28.6 Å². The zero-order chi connectivity index (χ0) is 8.97. The average Bonchev–Trinajstić information content (AvgIpc) is 2.16. The van der Waals surface area contributed by atoms with E-state index >= 15 is 0 Å². The molecule has 1 rings (SSSR count). The summed E-state index contributed by atoms with van der Waals surface area (Å²) in [7, 11) is -1.39. The second kappa shape index (κ2) is 5.21. The topological polar surface area (TPSA) is 55.4 Å². The molecule has 0 aromatic heterocycles. The van der Waals surface area contributed by atoms with E-state index < -0.39 is 28.6 Å². The minimum atomic E-state index is -2.01. The minimum Gasteiger partial charge on any atom is -0.380 e. The van der Waals surface area contributed by atoms with Crippen molar-refractivity contribution in [1.82, 2.24) is 0 Å². The molecule has 1 heterocycles. The van der Waals surface area contributed by atoms with Crippen LogP contribution in [0.25, 0.3) is 0 Å². The molecule has 72 valence electrons. The molecular formula is C3H12O6Si3. The van der Waals surface area contributed by atoms with Crippen LogP contribution in [0.1, 0.15) is 0 Å². The van der Waals surface area contributed by atoms with Gasteiger partial charge in [0.2, 0.25) is 0 Å². The lowest BCUT2D eigenvalue weighted by atomic mass is 11.8. The van der Waals surface area contributed by atoms with Gasteiger partial charge in [-0.3, -0.25) is 0 Å². The van der Waals surface area contributed by atoms with Crippen molar-refractivity contribution >= 4 is 28.6 Å². The van der Waals surface area contributed by atoms with Crippen molar-refractivity contribution in [2.75, 3.05) is 21.3 Å². The van der Waals surface area contributed by atoms with Crippen molar-refractivity contribution in [3.63, 3.8) is 0 Å². The van der Waals surface area contributed by atoms with Gasteiger partial charge in [0.25, 0.3) is 0 Å². The lowest BCUT2D eigenvalue weighted by Crippen LogP contribution is -2.51. The first kappa shape index (κ1) is 10.5. The van der Waals surface area contributed by atoms with Gasteiger partial charge in [-0.25, -0.2) is 0 Å². The molecule has 0 spiro atoms. The summed E-state index contributed by atoms with van der Waals surface area (Å²) >= 11 is 0. The first-order chi connectivity index (χ1) is 5.80. The summed E-state index contributed by atoms with van der Waals surface area (Å²) in [5, 5.41) is 0. The van der Waals surface area contributed by atoms with Crippen LogP contribution in [0.3, 0.4) is 0 Å². The maximum Gasteiger partial charge on any atom is 0.468 e. The number of hydrogen-bond donors (Lipinski definition) is 0. The fourth-order valence-electron chi connectivity index (χ4n) is 0.702. The van der Waals surface area contributed by atoms with Crippen LogP contribution in [-0.2, 0) is 25.6 Å². The van der Waals surface area contributed by atoms with Gasteiger partial charge in [0.1, 0.15) is 0 Å². The van der Waals surface area contributed by atoms with E-state index in [1.165, 1.54) is 0 Å². The largest absolute Gasteiger partial charge is 0.468 e. The second-order valence-corrected chi connectivity index (χ2v) is 8.39. The van der Waals surface area contributed by atoms with Crippen molar-refractivity contribution in [2.45, 2.75) is 0 Å². The van der Waals surface area contributed by atoms with E-state index in [2.05, 4.69) is 0 Å². The number of hydrogen-bond acceptors (Lipinski definition) is 6. The lowest BCUT2D eigenvalue weighted by Gasteiger charge is -2.29. The molecule has 0 aromatic carbocycles. The van der Waals surface area contributed by atoms with Crippen molar-refractivity contribution in [1.29, 1.82) is 0 Å². The summed E-state index contributed by atoms with van der Waals surface area (Å²) in [6, 6.07) is 0. The van der Waals surface area contributed by atoms with Crippen molar-refractivity contribution in [3.05, 3.63) is 0 Å². The predicted octanol–water partition coefficient (Wildman–Crippen LogP) is -1.86. The Hall–Kier alpha value is 0.411. The Morgan fingerprint density at radius 2 is 0.917 bits per heavy atom. The molecule has 0 saturated carbocycles. The van der Waals surface area contributed by atoms with Crippen LogP contribution in [0.5, 0.6) is 0 Å². The highest BCUT2D eigenvalue weighted by Gasteiger charge is 2.37. The third-order valence-corrected chi connectivity index (χ3v) is 7.73. The molecule has 6 nitrogen and oxygen atoms in total. The highest BCUT2D eigenvalue weighted by molar-refractivity contribution is 6.66. The first-order valence-corrected chi connectivity index (χ1v) is 7.59. The molecule has 0 aromatic rings. The Morgan fingerprint density at radius 3 is 1.08 bits per heavy atom. The molecule has 0 unspecified atom stereocenters. The van der Waals surface area contributed by atoms with Gasteiger partial charge in [-0.2, -0.15) is 0 Å². The summed E-state index contributed by atoms with van der Waals surface area (Å²) in [6.07, 6.45) is 0. The Kier molecular flexibility index (Phi) is 4.55. The van der Waals surface area contributed by atoms with Crippen LogP contribution in [0.2, 0.25) is 0 Å². The third-order valence-electron chi connectivity index (χ3n) is 1.24. The monoisotopic (exact) mass is 228 g/mol. The Bertz CT molecular complexity index is 105. The highest BCUT2D eigenvalue weighted by atomic mass is 28.5. The van der Waals surface area contributed by atoms with Crippen LogP contribution in [0.15, 0.2) is 0 Å². The fourth-order valence-corrected chi connectivity index (χ4v) is 8.05. The molecule has 1 aliphatic heterocycles. The molecule has 1 saturated heterocycles. The van der Waals surface area contributed by atoms with E-state index in [1.54, 1.807) is 21.3 Å². The molecule has 1 fully saturated rings. The first-order valence-electron chi connectivity index (χ1n) is 3.35. The molecule has 9 heteroatoms. The summed E-state index contributed by atoms with van der Waals surface area (Å²) in [4.78, 5) is 0. The van der Waals surface area contributed by atoms with Crippen LogP contribution >= 0.6 is 0 Å². The Morgan fingerprint density at radius 1 is 0.667 bits per heavy atom. The summed E-state index contributed by atoms with van der Waals surface area (Å²) < 4.78 is 30.7. The van der Waals surface area contributed by atoms with E-state index in [0.29, 0.717) is 0 Å². The van der Waals surface area contributed by atoms with Crippen LogP contribution in [-0.4, -0.2) is 49.9 Å². The smallest absolute Gasteiger partial charge is 0.380 e. The lowest BCUT2D eigenvalue weighted by molar-refractivity contribution is 0.0959. The third kappa shape index (κ3) is 2.72. The van der Waals surface area contributed by atoms with Crippen molar-refractivity contribution in [2.24, 2.45) is 0 Å². The zero-order valence-electron chi connectivity index (χ0n) is 7.18. The van der Waals surface area contributed by atoms with Gasteiger partial charge in [-0.1, -0.05) is 0 Å². The molecular weight excluding hydrogens is 216 g/mol. The average molecular weight is 228 g/mol. The maximum atomic E-state index is 5.26. The van der Waals surface area contributed by atoms with E-state index in [9.17, 15) is 0 Å². The molecule has 0 amide bonds. The second-order valence-electron chi connectivity index (χ2n) is 1.98. The quantitative estimate of drug-likeness (QED) is 0.528. The van der Waals surface area contributed by atoms with E-state index in [4.69, 9.17) is 25.6 Å². The number of rotatable bonds is 3. The molecule has 0 aliphatic carbocycles.